The van der Waals surface area contributed by atoms with Gasteiger partial charge in [0.15, 0.2) is 5.69 Å². The number of methoxy groups -OCH3 is 3. The number of hydrogen-bond donors (Lipinski definition) is 1. The summed E-state index contributed by atoms with van der Waals surface area (Å²) in [4.78, 5) is 38.1. The van der Waals surface area contributed by atoms with Gasteiger partial charge in [-0.05, 0) is 30.4 Å². The zero-order valence-corrected chi connectivity index (χ0v) is 15.4. The fraction of sp³-hybridized carbons (Fsp3) is 0.158. The Bertz CT molecular complexity index is 1050. The standard InChI is InChI=1S/C19H17N3O6/c1-26-17(23)12-6-4-5-9-22(16(12)19(25)28-3)11-7-8-14-13(10-11)15(21-20-14)18(24)27-2/h4-10H,1-3H3,(H,20,21). The molecule has 0 fully saturated rings. The molecule has 1 aliphatic heterocycles. The van der Waals surface area contributed by atoms with Crippen LogP contribution in [0.5, 0.6) is 0 Å². The SMILES string of the molecule is COC(=O)C1=C(C(=O)OC)N(c2ccc3[nH]nc(C(=O)OC)c3c2)C=CC=C1. The van der Waals surface area contributed by atoms with E-state index in [0.29, 0.717) is 16.6 Å². The van der Waals surface area contributed by atoms with E-state index in [4.69, 9.17) is 14.2 Å². The number of rotatable bonds is 4. The van der Waals surface area contributed by atoms with Crippen molar-refractivity contribution in [1.82, 2.24) is 10.2 Å². The third-order valence-corrected chi connectivity index (χ3v) is 4.09. The number of nitrogens with zero attached hydrogens (tertiary/aromatic N) is 2. The summed E-state index contributed by atoms with van der Waals surface area (Å²) < 4.78 is 14.4. The van der Waals surface area contributed by atoms with E-state index in [0.717, 1.165) is 0 Å². The number of H-pyrrole nitrogens is 1. The second-order valence-electron chi connectivity index (χ2n) is 5.61. The van der Waals surface area contributed by atoms with Crippen molar-refractivity contribution in [2.75, 3.05) is 26.2 Å². The van der Waals surface area contributed by atoms with Crippen molar-refractivity contribution >= 4 is 34.5 Å². The van der Waals surface area contributed by atoms with Gasteiger partial charge < -0.3 is 19.1 Å². The highest BCUT2D eigenvalue weighted by Crippen LogP contribution is 2.29. The number of esters is 3. The predicted octanol–water partition coefficient (Wildman–Crippen LogP) is 1.84. The van der Waals surface area contributed by atoms with Gasteiger partial charge in [-0.3, -0.25) is 5.10 Å². The van der Waals surface area contributed by atoms with Gasteiger partial charge in [-0.2, -0.15) is 5.10 Å². The van der Waals surface area contributed by atoms with Crippen molar-refractivity contribution < 1.29 is 28.6 Å². The molecule has 1 aromatic carbocycles. The maximum atomic E-state index is 12.5. The average molecular weight is 383 g/mol. The molecular formula is C19H17N3O6. The van der Waals surface area contributed by atoms with Crippen molar-refractivity contribution in [3.05, 3.63) is 59.6 Å². The van der Waals surface area contributed by atoms with E-state index in [1.807, 2.05) is 0 Å². The van der Waals surface area contributed by atoms with Crippen LogP contribution in [0, 0.1) is 0 Å². The first kappa shape index (κ1) is 18.9. The Labute approximate surface area is 159 Å². The molecule has 0 aliphatic carbocycles. The highest BCUT2D eigenvalue weighted by Gasteiger charge is 2.28. The van der Waals surface area contributed by atoms with Crippen LogP contribution < -0.4 is 4.90 Å². The van der Waals surface area contributed by atoms with Crippen molar-refractivity contribution in [1.29, 1.82) is 0 Å². The van der Waals surface area contributed by atoms with Crippen LogP contribution in [0.15, 0.2) is 53.9 Å². The summed E-state index contributed by atoms with van der Waals surface area (Å²) in [6.45, 7) is 0. The van der Waals surface area contributed by atoms with Gasteiger partial charge in [0.05, 0.1) is 32.4 Å². The topological polar surface area (TPSA) is 111 Å². The summed E-state index contributed by atoms with van der Waals surface area (Å²) in [5.74, 6) is -2.02. The normalized spacial score (nSPS) is 13.5. The molecule has 2 aromatic rings. The second kappa shape index (κ2) is 7.78. The number of aromatic nitrogens is 2. The van der Waals surface area contributed by atoms with Gasteiger partial charge >= 0.3 is 17.9 Å². The summed E-state index contributed by atoms with van der Waals surface area (Å²) in [7, 11) is 3.70. The molecular weight excluding hydrogens is 366 g/mol. The van der Waals surface area contributed by atoms with Crippen LogP contribution in [0.2, 0.25) is 0 Å². The molecule has 0 atom stereocenters. The molecule has 2 heterocycles. The fourth-order valence-electron chi connectivity index (χ4n) is 2.77. The Morgan fingerprint density at radius 2 is 1.68 bits per heavy atom. The Kier molecular flexibility index (Phi) is 5.25. The molecule has 9 nitrogen and oxygen atoms in total. The number of nitrogens with one attached hydrogen (secondary N) is 1. The predicted molar refractivity (Wildman–Crippen MR) is 99.3 cm³/mol. The van der Waals surface area contributed by atoms with E-state index < -0.39 is 17.9 Å². The maximum absolute atomic E-state index is 12.5. The molecule has 0 saturated heterocycles. The van der Waals surface area contributed by atoms with Crippen LogP contribution in [-0.2, 0) is 23.8 Å². The fourth-order valence-corrected chi connectivity index (χ4v) is 2.77. The maximum Gasteiger partial charge on any atom is 0.359 e. The molecule has 0 amide bonds. The molecule has 0 spiro atoms. The van der Waals surface area contributed by atoms with Crippen molar-refractivity contribution in [3.8, 4) is 0 Å². The second-order valence-corrected chi connectivity index (χ2v) is 5.61. The summed E-state index contributed by atoms with van der Waals surface area (Å²) in [5, 5.41) is 7.22. The van der Waals surface area contributed by atoms with Crippen LogP contribution in [0.4, 0.5) is 5.69 Å². The zero-order chi connectivity index (χ0) is 20.3. The van der Waals surface area contributed by atoms with Crippen LogP contribution in [-0.4, -0.2) is 49.4 Å². The number of benzene rings is 1. The van der Waals surface area contributed by atoms with E-state index in [-0.39, 0.29) is 17.0 Å². The lowest BCUT2D eigenvalue weighted by molar-refractivity contribution is -0.139. The number of aromatic amines is 1. The highest BCUT2D eigenvalue weighted by molar-refractivity contribution is 6.07. The van der Waals surface area contributed by atoms with E-state index in [9.17, 15) is 14.4 Å². The smallest absolute Gasteiger partial charge is 0.359 e. The molecule has 1 N–H and O–H groups in total. The largest absolute Gasteiger partial charge is 0.465 e. The number of fused-ring (bicyclic) bond motifs is 1. The van der Waals surface area contributed by atoms with E-state index in [2.05, 4.69) is 10.2 Å². The minimum Gasteiger partial charge on any atom is -0.465 e. The molecule has 9 heteroatoms. The number of carbonyl (C=O) groups is 3. The molecule has 0 bridgehead atoms. The molecule has 3 rings (SSSR count). The lowest BCUT2D eigenvalue weighted by Gasteiger charge is -2.23. The number of carbonyl (C=O) groups excluding carboxylic acids is 3. The minimum atomic E-state index is -0.725. The summed E-state index contributed by atoms with van der Waals surface area (Å²) in [6.07, 6.45) is 6.31. The lowest BCUT2D eigenvalue weighted by Crippen LogP contribution is -2.26. The van der Waals surface area contributed by atoms with Gasteiger partial charge in [0.2, 0.25) is 0 Å². The molecule has 28 heavy (non-hydrogen) atoms. The van der Waals surface area contributed by atoms with Crippen molar-refractivity contribution in [2.24, 2.45) is 0 Å². The molecule has 144 valence electrons. The number of hydrogen-bond acceptors (Lipinski definition) is 8. The number of anilines is 1. The number of ether oxygens (including phenoxy) is 3. The summed E-state index contributed by atoms with van der Waals surface area (Å²) in [5.41, 5.74) is 1.22. The first-order valence-corrected chi connectivity index (χ1v) is 8.13. The van der Waals surface area contributed by atoms with E-state index in [1.54, 1.807) is 36.6 Å². The Hall–Kier alpha value is -3.88. The lowest BCUT2D eigenvalue weighted by atomic mass is 10.1. The van der Waals surface area contributed by atoms with E-state index >= 15 is 0 Å². The molecule has 0 radical (unpaired) electrons. The van der Waals surface area contributed by atoms with E-state index in [1.165, 1.54) is 32.3 Å². The Balaban J connectivity index is 2.20. The van der Waals surface area contributed by atoms with Gasteiger partial charge in [-0.15, -0.1) is 0 Å². The summed E-state index contributed by atoms with van der Waals surface area (Å²) >= 11 is 0. The average Bonchev–Trinajstić information content (AvgIpc) is 3.02. The minimum absolute atomic E-state index is 0.0261. The Morgan fingerprint density at radius 3 is 2.36 bits per heavy atom. The van der Waals surface area contributed by atoms with Crippen LogP contribution in [0.25, 0.3) is 10.9 Å². The first-order chi connectivity index (χ1) is 13.5. The van der Waals surface area contributed by atoms with Gasteiger partial charge in [-0.25, -0.2) is 14.4 Å². The number of allylic oxidation sites excluding steroid dienone is 2. The monoisotopic (exact) mass is 383 g/mol. The molecule has 0 unspecified atom stereocenters. The highest BCUT2D eigenvalue weighted by atomic mass is 16.5. The van der Waals surface area contributed by atoms with Crippen molar-refractivity contribution in [2.45, 2.75) is 0 Å². The molecule has 1 aliphatic rings. The quantitative estimate of drug-likeness (QED) is 0.629. The van der Waals surface area contributed by atoms with Crippen LogP contribution in [0.3, 0.4) is 0 Å². The zero-order valence-electron chi connectivity index (χ0n) is 15.4. The third kappa shape index (κ3) is 3.25. The summed E-state index contributed by atoms with van der Waals surface area (Å²) in [6, 6.07) is 5.05. The first-order valence-electron chi connectivity index (χ1n) is 8.13. The van der Waals surface area contributed by atoms with Gasteiger partial charge in [0.25, 0.3) is 0 Å². The van der Waals surface area contributed by atoms with Gasteiger partial charge in [0, 0.05) is 17.3 Å². The van der Waals surface area contributed by atoms with Crippen LogP contribution in [0.1, 0.15) is 10.5 Å². The van der Waals surface area contributed by atoms with Crippen LogP contribution >= 0.6 is 0 Å². The van der Waals surface area contributed by atoms with Gasteiger partial charge in [0.1, 0.15) is 5.70 Å². The third-order valence-electron chi connectivity index (χ3n) is 4.09. The van der Waals surface area contributed by atoms with Crippen molar-refractivity contribution in [3.63, 3.8) is 0 Å². The molecule has 1 aromatic heterocycles. The molecule has 0 saturated carbocycles. The van der Waals surface area contributed by atoms with Gasteiger partial charge in [-0.1, -0.05) is 6.08 Å². The Morgan fingerprint density at radius 1 is 0.964 bits per heavy atom.